The molecule has 1 heterocycles. The van der Waals surface area contributed by atoms with Gasteiger partial charge in [-0.05, 0) is 40.5 Å². The highest BCUT2D eigenvalue weighted by Crippen LogP contribution is 2.21. The van der Waals surface area contributed by atoms with Crippen LogP contribution >= 0.6 is 15.9 Å². The fourth-order valence-electron chi connectivity index (χ4n) is 1.47. The molecule has 1 aliphatic heterocycles. The minimum absolute atomic E-state index is 0.242. The molecule has 1 atom stereocenters. The molecule has 4 heteroatoms. The monoisotopic (exact) mass is 259 g/mol. The third kappa shape index (κ3) is 2.25. The highest BCUT2D eigenvalue weighted by molar-refractivity contribution is 9.10. The van der Waals surface area contributed by atoms with Crippen molar-refractivity contribution in [1.82, 2.24) is 0 Å². The van der Waals surface area contributed by atoms with Crippen molar-refractivity contribution in [3.8, 4) is 0 Å². The molecule has 0 spiro atoms. The van der Waals surface area contributed by atoms with Gasteiger partial charge in [0.05, 0.1) is 17.1 Å². The molecule has 0 saturated carbocycles. The van der Waals surface area contributed by atoms with Gasteiger partial charge in [0.15, 0.2) is 0 Å². The Kier molecular flexibility index (Phi) is 3.03. The van der Waals surface area contributed by atoms with Crippen molar-refractivity contribution in [3.05, 3.63) is 28.5 Å². The van der Waals surface area contributed by atoms with Crippen LogP contribution in [0.15, 0.2) is 22.7 Å². The fraction of sp³-hybridized carbons (Fsp3) is 0.400. The van der Waals surface area contributed by atoms with Crippen molar-refractivity contribution in [1.29, 1.82) is 0 Å². The number of nitrogens with one attached hydrogen (secondary N) is 1. The van der Waals surface area contributed by atoms with Crippen LogP contribution in [0.2, 0.25) is 0 Å². The van der Waals surface area contributed by atoms with E-state index in [1.54, 1.807) is 6.07 Å². The Morgan fingerprint density at radius 1 is 1.50 bits per heavy atom. The molecule has 0 radical (unpaired) electrons. The molecule has 0 aromatic heterocycles. The highest BCUT2D eigenvalue weighted by atomic mass is 79.9. The number of halogens is 2. The van der Waals surface area contributed by atoms with Crippen LogP contribution in [0.4, 0.5) is 10.1 Å². The number of benzene rings is 1. The predicted molar refractivity (Wildman–Crippen MR) is 56.9 cm³/mol. The minimum Gasteiger partial charge on any atom is -0.380 e. The summed E-state index contributed by atoms with van der Waals surface area (Å²) in [4.78, 5) is 0. The number of rotatable bonds is 2. The van der Waals surface area contributed by atoms with Crippen molar-refractivity contribution < 1.29 is 9.13 Å². The normalized spacial score (nSPS) is 21.1. The molecule has 14 heavy (non-hydrogen) atoms. The van der Waals surface area contributed by atoms with Gasteiger partial charge in [-0.1, -0.05) is 0 Å². The molecule has 1 aromatic rings. The molecule has 2 rings (SSSR count). The van der Waals surface area contributed by atoms with Crippen molar-refractivity contribution in [2.75, 3.05) is 18.5 Å². The quantitative estimate of drug-likeness (QED) is 0.882. The summed E-state index contributed by atoms with van der Waals surface area (Å²) in [6, 6.07) is 5.36. The van der Waals surface area contributed by atoms with Gasteiger partial charge in [-0.15, -0.1) is 0 Å². The van der Waals surface area contributed by atoms with Gasteiger partial charge < -0.3 is 10.1 Å². The van der Waals surface area contributed by atoms with Crippen LogP contribution in [0.1, 0.15) is 6.42 Å². The van der Waals surface area contributed by atoms with Gasteiger partial charge in [-0.25, -0.2) is 4.39 Å². The van der Waals surface area contributed by atoms with E-state index >= 15 is 0 Å². The van der Waals surface area contributed by atoms with Gasteiger partial charge in [-0.2, -0.15) is 0 Å². The Balaban J connectivity index is 2.05. The van der Waals surface area contributed by atoms with Crippen LogP contribution in [0.25, 0.3) is 0 Å². The van der Waals surface area contributed by atoms with Crippen molar-refractivity contribution in [2.24, 2.45) is 0 Å². The zero-order chi connectivity index (χ0) is 9.97. The van der Waals surface area contributed by atoms with Crippen LogP contribution < -0.4 is 5.32 Å². The molecule has 2 nitrogen and oxygen atoms in total. The van der Waals surface area contributed by atoms with Gasteiger partial charge in [0, 0.05) is 12.3 Å². The Labute approximate surface area is 90.6 Å². The first kappa shape index (κ1) is 9.93. The number of hydrogen-bond donors (Lipinski definition) is 1. The van der Waals surface area contributed by atoms with Gasteiger partial charge in [0.25, 0.3) is 0 Å². The molecular formula is C10H11BrFNO. The Morgan fingerprint density at radius 2 is 2.36 bits per heavy atom. The molecule has 0 amide bonds. The van der Waals surface area contributed by atoms with Gasteiger partial charge in [0.2, 0.25) is 0 Å². The fourth-order valence-corrected chi connectivity index (χ4v) is 1.72. The molecule has 76 valence electrons. The summed E-state index contributed by atoms with van der Waals surface area (Å²) in [5.74, 6) is -0.242. The zero-order valence-corrected chi connectivity index (χ0v) is 9.18. The lowest BCUT2D eigenvalue weighted by atomic mass is 10.2. The predicted octanol–water partition coefficient (Wildman–Crippen LogP) is 2.79. The summed E-state index contributed by atoms with van der Waals surface area (Å²) in [7, 11) is 0. The molecule has 1 N–H and O–H groups in total. The molecule has 1 saturated heterocycles. The van der Waals surface area contributed by atoms with Crippen LogP contribution in [-0.4, -0.2) is 19.3 Å². The second-order valence-electron chi connectivity index (χ2n) is 3.33. The summed E-state index contributed by atoms with van der Waals surface area (Å²) in [5, 5.41) is 3.22. The smallest absolute Gasteiger partial charge is 0.139 e. The maximum Gasteiger partial charge on any atom is 0.139 e. The summed E-state index contributed by atoms with van der Waals surface area (Å²) in [6.07, 6.45) is 0.984. The lowest BCUT2D eigenvalue weighted by Gasteiger charge is -2.12. The van der Waals surface area contributed by atoms with Crippen molar-refractivity contribution in [2.45, 2.75) is 12.5 Å². The number of anilines is 1. The second kappa shape index (κ2) is 4.28. The minimum atomic E-state index is -0.242. The van der Waals surface area contributed by atoms with E-state index in [1.165, 1.54) is 6.07 Å². The van der Waals surface area contributed by atoms with E-state index in [-0.39, 0.29) is 5.82 Å². The third-order valence-corrected chi connectivity index (χ3v) is 2.86. The van der Waals surface area contributed by atoms with E-state index in [0.717, 1.165) is 18.7 Å². The average molecular weight is 260 g/mol. The Morgan fingerprint density at radius 3 is 3.00 bits per heavy atom. The standard InChI is InChI=1S/C10H11BrFNO/c11-9-2-1-7(5-10(9)12)13-8-3-4-14-6-8/h1-2,5,8,13H,3-4,6H2. The molecule has 1 aromatic carbocycles. The van der Waals surface area contributed by atoms with E-state index in [9.17, 15) is 4.39 Å². The topological polar surface area (TPSA) is 21.3 Å². The van der Waals surface area contributed by atoms with E-state index in [2.05, 4.69) is 21.2 Å². The van der Waals surface area contributed by atoms with E-state index in [1.807, 2.05) is 6.07 Å². The van der Waals surface area contributed by atoms with E-state index in [0.29, 0.717) is 17.1 Å². The Bertz CT molecular complexity index is 326. The van der Waals surface area contributed by atoms with Crippen LogP contribution in [0.5, 0.6) is 0 Å². The zero-order valence-electron chi connectivity index (χ0n) is 7.59. The maximum atomic E-state index is 13.1. The maximum absolute atomic E-state index is 13.1. The first-order valence-electron chi connectivity index (χ1n) is 4.55. The summed E-state index contributed by atoms with van der Waals surface area (Å²) in [6.45, 7) is 1.49. The summed E-state index contributed by atoms with van der Waals surface area (Å²) in [5.41, 5.74) is 0.807. The number of ether oxygens (including phenoxy) is 1. The summed E-state index contributed by atoms with van der Waals surface area (Å²) < 4.78 is 18.8. The van der Waals surface area contributed by atoms with Gasteiger partial charge >= 0.3 is 0 Å². The molecule has 1 unspecified atom stereocenters. The van der Waals surface area contributed by atoms with Gasteiger partial charge in [0.1, 0.15) is 5.82 Å². The van der Waals surface area contributed by atoms with Crippen molar-refractivity contribution in [3.63, 3.8) is 0 Å². The second-order valence-corrected chi connectivity index (χ2v) is 4.19. The lowest BCUT2D eigenvalue weighted by molar-refractivity contribution is 0.195. The lowest BCUT2D eigenvalue weighted by Crippen LogP contribution is -2.18. The van der Waals surface area contributed by atoms with Gasteiger partial charge in [-0.3, -0.25) is 0 Å². The average Bonchev–Trinajstić information content (AvgIpc) is 2.64. The molecular weight excluding hydrogens is 249 g/mol. The summed E-state index contributed by atoms with van der Waals surface area (Å²) >= 11 is 3.11. The first-order valence-corrected chi connectivity index (χ1v) is 5.34. The number of hydrogen-bond acceptors (Lipinski definition) is 2. The third-order valence-electron chi connectivity index (χ3n) is 2.22. The Hall–Kier alpha value is -0.610. The largest absolute Gasteiger partial charge is 0.380 e. The van der Waals surface area contributed by atoms with Crippen LogP contribution in [0, 0.1) is 5.82 Å². The van der Waals surface area contributed by atoms with E-state index < -0.39 is 0 Å². The molecule has 0 bridgehead atoms. The van der Waals surface area contributed by atoms with Crippen LogP contribution in [-0.2, 0) is 4.74 Å². The highest BCUT2D eigenvalue weighted by Gasteiger charge is 2.15. The SMILES string of the molecule is Fc1cc(NC2CCOC2)ccc1Br. The van der Waals surface area contributed by atoms with Crippen molar-refractivity contribution >= 4 is 21.6 Å². The molecule has 1 aliphatic rings. The first-order chi connectivity index (χ1) is 6.75. The molecule has 0 aliphatic carbocycles. The van der Waals surface area contributed by atoms with E-state index in [4.69, 9.17) is 4.74 Å². The van der Waals surface area contributed by atoms with Crippen LogP contribution in [0.3, 0.4) is 0 Å². The molecule has 1 fully saturated rings.